The third kappa shape index (κ3) is 5.86. The van der Waals surface area contributed by atoms with Crippen molar-refractivity contribution < 1.29 is 30.9 Å². The fourth-order valence-corrected chi connectivity index (χ4v) is 7.41. The highest BCUT2D eigenvalue weighted by atomic mass is 35.5. The van der Waals surface area contributed by atoms with Crippen LogP contribution in [0, 0.1) is 13.8 Å². The summed E-state index contributed by atoms with van der Waals surface area (Å²) < 4.78 is 66.5. The van der Waals surface area contributed by atoms with E-state index in [2.05, 4.69) is 15.2 Å². The molecule has 2 aromatic carbocycles. The molecule has 0 bridgehead atoms. The lowest BCUT2D eigenvalue weighted by Crippen LogP contribution is -2.48. The molecule has 1 aliphatic heterocycles. The van der Waals surface area contributed by atoms with Crippen LogP contribution in [0.25, 0.3) is 0 Å². The predicted molar refractivity (Wildman–Crippen MR) is 141 cm³/mol. The van der Waals surface area contributed by atoms with Crippen molar-refractivity contribution in [2.75, 3.05) is 23.1 Å². The van der Waals surface area contributed by atoms with Gasteiger partial charge >= 0.3 is 0 Å². The average molecular weight is 583 g/mol. The molecule has 38 heavy (non-hydrogen) atoms. The molecule has 0 radical (unpaired) electrons. The molecule has 4 rings (SSSR count). The summed E-state index contributed by atoms with van der Waals surface area (Å²) >= 11 is 6.09. The first-order valence-electron chi connectivity index (χ1n) is 11.6. The van der Waals surface area contributed by atoms with Gasteiger partial charge in [0.2, 0.25) is 10.0 Å². The molecule has 14 heteroatoms. The van der Waals surface area contributed by atoms with E-state index in [4.69, 9.17) is 20.9 Å². The molecule has 0 spiro atoms. The van der Waals surface area contributed by atoms with Gasteiger partial charge in [0.15, 0.2) is 10.7 Å². The lowest BCUT2D eigenvalue weighted by Gasteiger charge is -2.34. The maximum Gasteiger partial charge on any atom is 0.267 e. The van der Waals surface area contributed by atoms with Crippen molar-refractivity contribution in [2.24, 2.45) is 0 Å². The van der Waals surface area contributed by atoms with Crippen LogP contribution in [0.4, 0.5) is 11.4 Å². The van der Waals surface area contributed by atoms with Gasteiger partial charge in [-0.3, -0.25) is 9.52 Å². The molecule has 3 aromatic rings. The molecule has 11 nitrogen and oxygen atoms in total. The number of hydrogen-bond donors (Lipinski definition) is 2. The number of carbonyl (C=O) groups excluding carboxylic acids is 1. The van der Waals surface area contributed by atoms with E-state index >= 15 is 0 Å². The highest BCUT2D eigenvalue weighted by molar-refractivity contribution is 7.92. The number of nitrogens with zero attached hydrogens (tertiary/aromatic N) is 2. The number of benzene rings is 2. The lowest BCUT2D eigenvalue weighted by molar-refractivity contribution is -0.0440. The Morgan fingerprint density at radius 3 is 2.24 bits per heavy atom. The van der Waals surface area contributed by atoms with E-state index < -0.39 is 26.0 Å². The fourth-order valence-electron chi connectivity index (χ4n) is 4.23. The minimum atomic E-state index is -4.12. The number of anilines is 2. The van der Waals surface area contributed by atoms with E-state index in [0.29, 0.717) is 5.69 Å². The summed E-state index contributed by atoms with van der Waals surface area (Å²) in [7, 11) is -7.88. The molecule has 1 fully saturated rings. The summed E-state index contributed by atoms with van der Waals surface area (Å²) in [6.07, 6.45) is -0.456. The molecule has 1 aromatic heterocycles. The molecule has 2 N–H and O–H groups in total. The number of ether oxygens (including phenoxy) is 1. The molecule has 2 atom stereocenters. The number of aromatic nitrogens is 1. The lowest BCUT2D eigenvalue weighted by atomic mass is 10.1. The number of halogens is 1. The summed E-state index contributed by atoms with van der Waals surface area (Å²) in [5, 5.41) is 6.53. The summed E-state index contributed by atoms with van der Waals surface area (Å²) in [5.74, 6) is -0.554. The number of aryl methyl sites for hydroxylation is 2. The molecule has 0 saturated carbocycles. The number of carbonyl (C=O) groups is 1. The van der Waals surface area contributed by atoms with Gasteiger partial charge in [0.1, 0.15) is 5.69 Å². The number of morpholine rings is 1. The standard InChI is InChI=1S/C24H27ClN4O7S2/c1-14-12-29(13-15(2)35-14)38(33,34)20-8-6-19(7-9-20)26-24(30)21-11-18(25)5-10-22(21)28-37(31,32)23-16(3)27-36-17(23)4/h5-11,14-15,28H,12-13H2,1-4H3,(H,26,30)/t14-,15+. The molecule has 1 saturated heterocycles. The van der Waals surface area contributed by atoms with E-state index in [1.807, 2.05) is 13.8 Å². The second kappa shape index (κ2) is 10.7. The van der Waals surface area contributed by atoms with Crippen LogP contribution in [0.3, 0.4) is 0 Å². The molecule has 204 valence electrons. The van der Waals surface area contributed by atoms with Crippen LogP contribution in [0.15, 0.2) is 56.8 Å². The van der Waals surface area contributed by atoms with Gasteiger partial charge in [0.25, 0.3) is 15.9 Å². The second-order valence-corrected chi connectivity index (χ2v) is 13.0. The third-order valence-electron chi connectivity index (χ3n) is 5.84. The Morgan fingerprint density at radius 2 is 1.66 bits per heavy atom. The maximum atomic E-state index is 13.1. The highest BCUT2D eigenvalue weighted by Gasteiger charge is 2.32. The molecule has 0 aliphatic carbocycles. The molecule has 1 amide bonds. The van der Waals surface area contributed by atoms with E-state index in [0.717, 1.165) is 0 Å². The van der Waals surface area contributed by atoms with Gasteiger partial charge in [-0.15, -0.1) is 0 Å². The highest BCUT2D eigenvalue weighted by Crippen LogP contribution is 2.28. The van der Waals surface area contributed by atoms with Crippen molar-refractivity contribution in [3.05, 3.63) is 64.5 Å². The first-order chi connectivity index (χ1) is 17.8. The van der Waals surface area contributed by atoms with Crippen molar-refractivity contribution in [1.82, 2.24) is 9.46 Å². The largest absolute Gasteiger partial charge is 0.373 e. The first-order valence-corrected chi connectivity index (χ1v) is 14.9. The quantitative estimate of drug-likeness (QED) is 0.427. The summed E-state index contributed by atoms with van der Waals surface area (Å²) in [6, 6.07) is 9.83. The second-order valence-electron chi connectivity index (χ2n) is 9.01. The van der Waals surface area contributed by atoms with Crippen molar-refractivity contribution in [2.45, 2.75) is 49.7 Å². The van der Waals surface area contributed by atoms with Gasteiger partial charge in [0, 0.05) is 23.8 Å². The molecule has 0 unspecified atom stereocenters. The Bertz CT molecular complexity index is 1540. The first kappa shape index (κ1) is 28.0. The minimum Gasteiger partial charge on any atom is -0.373 e. The Balaban J connectivity index is 1.55. The van der Waals surface area contributed by atoms with Crippen LogP contribution >= 0.6 is 11.6 Å². The smallest absolute Gasteiger partial charge is 0.267 e. The normalized spacial score (nSPS) is 18.8. The van der Waals surface area contributed by atoms with Crippen molar-refractivity contribution in [3.63, 3.8) is 0 Å². The van der Waals surface area contributed by atoms with Crippen LogP contribution < -0.4 is 10.0 Å². The van der Waals surface area contributed by atoms with E-state index in [1.165, 1.54) is 60.6 Å². The number of nitrogens with one attached hydrogen (secondary N) is 2. The topological polar surface area (TPSA) is 148 Å². The molecule has 1 aliphatic rings. The zero-order valence-corrected chi connectivity index (χ0v) is 23.4. The predicted octanol–water partition coefficient (Wildman–Crippen LogP) is 3.80. The van der Waals surface area contributed by atoms with Crippen LogP contribution in [0.2, 0.25) is 5.02 Å². The Morgan fingerprint density at radius 1 is 1.03 bits per heavy atom. The van der Waals surface area contributed by atoms with Crippen LogP contribution in [-0.2, 0) is 24.8 Å². The summed E-state index contributed by atoms with van der Waals surface area (Å²) in [4.78, 5) is 13.1. The van der Waals surface area contributed by atoms with E-state index in [-0.39, 0.29) is 62.8 Å². The number of hydrogen-bond acceptors (Lipinski definition) is 8. The van der Waals surface area contributed by atoms with Gasteiger partial charge in [0.05, 0.1) is 28.4 Å². The Hall–Kier alpha value is -2.97. The monoisotopic (exact) mass is 582 g/mol. The molecule has 2 heterocycles. The van der Waals surface area contributed by atoms with Crippen molar-refractivity contribution in [3.8, 4) is 0 Å². The average Bonchev–Trinajstić information content (AvgIpc) is 3.18. The van der Waals surface area contributed by atoms with Gasteiger partial charge < -0.3 is 14.6 Å². The summed E-state index contributed by atoms with van der Waals surface area (Å²) in [5.41, 5.74) is 0.422. The number of sulfonamides is 2. The Labute approximate surface area is 226 Å². The fraction of sp³-hybridized carbons (Fsp3) is 0.333. The molecular formula is C24H27ClN4O7S2. The zero-order valence-electron chi connectivity index (χ0n) is 21.1. The maximum absolute atomic E-state index is 13.1. The van der Waals surface area contributed by atoms with Gasteiger partial charge in [-0.2, -0.15) is 4.31 Å². The van der Waals surface area contributed by atoms with Crippen molar-refractivity contribution in [1.29, 1.82) is 0 Å². The van der Waals surface area contributed by atoms with Gasteiger partial charge in [-0.25, -0.2) is 16.8 Å². The minimum absolute atomic E-state index is 0.0124. The molecular weight excluding hydrogens is 556 g/mol. The van der Waals surface area contributed by atoms with Gasteiger partial charge in [-0.1, -0.05) is 16.8 Å². The van der Waals surface area contributed by atoms with E-state index in [9.17, 15) is 21.6 Å². The zero-order chi connectivity index (χ0) is 27.8. The van der Waals surface area contributed by atoms with Crippen LogP contribution in [-0.4, -0.2) is 57.5 Å². The van der Waals surface area contributed by atoms with Crippen LogP contribution in [0.5, 0.6) is 0 Å². The van der Waals surface area contributed by atoms with Gasteiger partial charge in [-0.05, 0) is 70.2 Å². The summed E-state index contributed by atoms with van der Waals surface area (Å²) in [6.45, 7) is 7.07. The number of rotatable bonds is 7. The Kier molecular flexibility index (Phi) is 7.86. The third-order valence-corrected chi connectivity index (χ3v) is 9.53. The van der Waals surface area contributed by atoms with Crippen LogP contribution in [0.1, 0.15) is 35.7 Å². The van der Waals surface area contributed by atoms with E-state index in [1.54, 1.807) is 0 Å². The number of amides is 1. The SMILES string of the molecule is Cc1noc(C)c1S(=O)(=O)Nc1ccc(Cl)cc1C(=O)Nc1ccc(S(=O)(=O)N2C[C@@H](C)O[C@@H](C)C2)cc1. The van der Waals surface area contributed by atoms with Crippen molar-refractivity contribution >= 4 is 48.9 Å².